The number of amides is 1. The van der Waals surface area contributed by atoms with Crippen LogP contribution in [0.3, 0.4) is 0 Å². The topological polar surface area (TPSA) is 38.8 Å². The van der Waals surface area contributed by atoms with Crippen molar-refractivity contribution < 1.29 is 14.3 Å². The molecule has 4 rings (SSSR count). The van der Waals surface area contributed by atoms with Gasteiger partial charge >= 0.3 is 0 Å². The van der Waals surface area contributed by atoms with E-state index in [1.165, 1.54) is 5.56 Å². The molecule has 4 nitrogen and oxygen atoms in total. The van der Waals surface area contributed by atoms with Gasteiger partial charge in [-0.15, -0.1) is 0 Å². The van der Waals surface area contributed by atoms with Crippen LogP contribution in [0.1, 0.15) is 21.5 Å². The van der Waals surface area contributed by atoms with Crippen LogP contribution < -0.4 is 9.47 Å². The zero-order chi connectivity index (χ0) is 15.8. The van der Waals surface area contributed by atoms with Crippen LogP contribution in [0.4, 0.5) is 0 Å². The van der Waals surface area contributed by atoms with Gasteiger partial charge in [0, 0.05) is 23.7 Å². The summed E-state index contributed by atoms with van der Waals surface area (Å²) >= 11 is 5.99. The number of hydrogen-bond acceptors (Lipinski definition) is 3. The first kappa shape index (κ1) is 14.4. The predicted molar refractivity (Wildman–Crippen MR) is 87.3 cm³/mol. The zero-order valence-corrected chi connectivity index (χ0v) is 13.3. The lowest BCUT2D eigenvalue weighted by atomic mass is 9.98. The lowest BCUT2D eigenvalue weighted by Crippen LogP contribution is -2.36. The molecular weight excluding hydrogens is 314 g/mol. The van der Waals surface area contributed by atoms with Gasteiger partial charge in [-0.2, -0.15) is 0 Å². The first-order valence-electron chi connectivity index (χ1n) is 7.67. The number of ether oxygens (including phenoxy) is 2. The molecular formula is C18H16ClNO3. The summed E-state index contributed by atoms with van der Waals surface area (Å²) in [5.74, 6) is 1.59. The Bertz CT molecular complexity index is 775. The number of nitrogens with zero attached hydrogens (tertiary/aromatic N) is 1. The Balaban J connectivity index is 1.60. The molecule has 2 aromatic carbocycles. The van der Waals surface area contributed by atoms with Gasteiger partial charge in [-0.25, -0.2) is 0 Å². The number of carbonyl (C=O) groups is 1. The normalized spacial score (nSPS) is 16.0. The van der Waals surface area contributed by atoms with Crippen LogP contribution in [0, 0.1) is 0 Å². The molecule has 118 valence electrons. The van der Waals surface area contributed by atoms with E-state index in [4.69, 9.17) is 21.1 Å². The van der Waals surface area contributed by atoms with Crippen molar-refractivity contribution in [3.05, 3.63) is 58.1 Å². The molecule has 23 heavy (non-hydrogen) atoms. The molecule has 0 radical (unpaired) electrons. The van der Waals surface area contributed by atoms with Crippen molar-refractivity contribution in [3.8, 4) is 11.5 Å². The third-order valence-corrected chi connectivity index (χ3v) is 4.47. The number of halogens is 1. The molecule has 2 heterocycles. The maximum atomic E-state index is 12.7. The minimum atomic E-state index is 0.00744. The molecule has 2 aromatic rings. The Labute approximate surface area is 139 Å². The van der Waals surface area contributed by atoms with Crippen molar-refractivity contribution >= 4 is 17.5 Å². The van der Waals surface area contributed by atoms with Gasteiger partial charge in [-0.05, 0) is 47.9 Å². The average molecular weight is 330 g/mol. The Morgan fingerprint density at radius 3 is 2.52 bits per heavy atom. The molecule has 0 aliphatic carbocycles. The van der Waals surface area contributed by atoms with E-state index in [1.807, 2.05) is 17.0 Å². The first-order valence-corrected chi connectivity index (χ1v) is 8.05. The molecule has 0 unspecified atom stereocenters. The Kier molecular flexibility index (Phi) is 3.62. The number of carbonyl (C=O) groups excluding carboxylic acids is 1. The molecule has 0 saturated heterocycles. The summed E-state index contributed by atoms with van der Waals surface area (Å²) in [6.07, 6.45) is 0.818. The number of fused-ring (bicyclic) bond motifs is 2. The maximum Gasteiger partial charge on any atom is 0.254 e. The van der Waals surface area contributed by atoms with E-state index in [1.54, 1.807) is 24.3 Å². The number of hydrogen-bond donors (Lipinski definition) is 0. The van der Waals surface area contributed by atoms with Crippen LogP contribution in [0.5, 0.6) is 11.5 Å². The van der Waals surface area contributed by atoms with E-state index >= 15 is 0 Å². The fourth-order valence-electron chi connectivity index (χ4n) is 3.07. The van der Waals surface area contributed by atoms with Crippen molar-refractivity contribution in [2.75, 3.05) is 19.8 Å². The van der Waals surface area contributed by atoms with Crippen molar-refractivity contribution in [1.29, 1.82) is 0 Å². The Morgan fingerprint density at radius 1 is 1.04 bits per heavy atom. The highest BCUT2D eigenvalue weighted by Gasteiger charge is 2.24. The second-order valence-corrected chi connectivity index (χ2v) is 6.19. The highest BCUT2D eigenvalue weighted by Crippen LogP contribution is 2.35. The smallest absolute Gasteiger partial charge is 0.254 e. The molecule has 1 amide bonds. The summed E-state index contributed by atoms with van der Waals surface area (Å²) < 4.78 is 11.3. The largest absolute Gasteiger partial charge is 0.486 e. The van der Waals surface area contributed by atoms with Gasteiger partial charge in [0.25, 0.3) is 5.91 Å². The standard InChI is InChI=1S/C18H16ClNO3/c19-15-3-1-2-13(8-15)18(21)20-5-4-12-9-16-17(10-14(12)11-20)23-7-6-22-16/h1-3,8-10H,4-7,11H2. The molecule has 2 aliphatic rings. The van der Waals surface area contributed by atoms with Gasteiger partial charge in [0.1, 0.15) is 13.2 Å². The van der Waals surface area contributed by atoms with Crippen molar-refractivity contribution in [2.45, 2.75) is 13.0 Å². The van der Waals surface area contributed by atoms with E-state index in [0.29, 0.717) is 36.9 Å². The molecule has 0 spiro atoms. The summed E-state index contributed by atoms with van der Waals surface area (Å²) in [6.45, 7) is 2.43. The van der Waals surface area contributed by atoms with E-state index in [9.17, 15) is 4.79 Å². The molecule has 0 N–H and O–H groups in total. The SMILES string of the molecule is O=C(c1cccc(Cl)c1)N1CCc2cc3c(cc2C1)OCCO3. The van der Waals surface area contributed by atoms with Gasteiger partial charge in [0.15, 0.2) is 11.5 Å². The van der Waals surface area contributed by atoms with Crippen LogP contribution in [0.2, 0.25) is 5.02 Å². The van der Waals surface area contributed by atoms with Gasteiger partial charge in [0.2, 0.25) is 0 Å². The van der Waals surface area contributed by atoms with Gasteiger partial charge in [-0.1, -0.05) is 17.7 Å². The van der Waals surface area contributed by atoms with Gasteiger partial charge < -0.3 is 14.4 Å². The lowest BCUT2D eigenvalue weighted by Gasteiger charge is -2.30. The molecule has 0 atom stereocenters. The first-order chi connectivity index (χ1) is 11.2. The summed E-state index contributed by atoms with van der Waals surface area (Å²) in [5, 5.41) is 0.577. The fourth-order valence-corrected chi connectivity index (χ4v) is 3.26. The minimum Gasteiger partial charge on any atom is -0.486 e. The molecule has 0 bridgehead atoms. The third kappa shape index (κ3) is 2.75. The zero-order valence-electron chi connectivity index (χ0n) is 12.5. The summed E-state index contributed by atoms with van der Waals surface area (Å²) in [6, 6.07) is 11.1. The third-order valence-electron chi connectivity index (χ3n) is 4.24. The van der Waals surface area contributed by atoms with E-state index in [0.717, 1.165) is 23.5 Å². The maximum absolute atomic E-state index is 12.7. The fraction of sp³-hybridized carbons (Fsp3) is 0.278. The van der Waals surface area contributed by atoms with Crippen molar-refractivity contribution in [3.63, 3.8) is 0 Å². The van der Waals surface area contributed by atoms with Crippen LogP contribution in [-0.4, -0.2) is 30.6 Å². The average Bonchev–Trinajstić information content (AvgIpc) is 2.59. The van der Waals surface area contributed by atoms with Gasteiger partial charge in [-0.3, -0.25) is 4.79 Å². The van der Waals surface area contributed by atoms with Crippen LogP contribution in [-0.2, 0) is 13.0 Å². The minimum absolute atomic E-state index is 0.00744. The van der Waals surface area contributed by atoms with Crippen LogP contribution in [0.15, 0.2) is 36.4 Å². The van der Waals surface area contributed by atoms with Crippen molar-refractivity contribution in [1.82, 2.24) is 4.90 Å². The number of rotatable bonds is 1. The summed E-state index contributed by atoms with van der Waals surface area (Å²) in [5.41, 5.74) is 2.97. The molecule has 0 aromatic heterocycles. The summed E-state index contributed by atoms with van der Waals surface area (Å²) in [7, 11) is 0. The second-order valence-electron chi connectivity index (χ2n) is 5.75. The highest BCUT2D eigenvalue weighted by molar-refractivity contribution is 6.30. The molecule has 0 fully saturated rings. The van der Waals surface area contributed by atoms with E-state index in [-0.39, 0.29) is 5.91 Å². The highest BCUT2D eigenvalue weighted by atomic mass is 35.5. The van der Waals surface area contributed by atoms with E-state index < -0.39 is 0 Å². The molecule has 0 saturated carbocycles. The molecule has 2 aliphatic heterocycles. The Hall–Kier alpha value is -2.20. The molecule has 5 heteroatoms. The van der Waals surface area contributed by atoms with Gasteiger partial charge in [0.05, 0.1) is 0 Å². The lowest BCUT2D eigenvalue weighted by molar-refractivity contribution is 0.0734. The monoisotopic (exact) mass is 329 g/mol. The predicted octanol–water partition coefficient (Wildman–Crippen LogP) is 3.31. The van der Waals surface area contributed by atoms with Crippen LogP contribution >= 0.6 is 11.6 Å². The van der Waals surface area contributed by atoms with Crippen molar-refractivity contribution in [2.24, 2.45) is 0 Å². The second kappa shape index (κ2) is 5.78. The van der Waals surface area contributed by atoms with Crippen LogP contribution in [0.25, 0.3) is 0 Å². The Morgan fingerprint density at radius 2 is 1.78 bits per heavy atom. The number of benzene rings is 2. The van der Waals surface area contributed by atoms with E-state index in [2.05, 4.69) is 0 Å². The quantitative estimate of drug-likeness (QED) is 0.805. The summed E-state index contributed by atoms with van der Waals surface area (Å²) in [4.78, 5) is 14.5.